The Morgan fingerprint density at radius 3 is 3.00 bits per heavy atom. The van der Waals surface area contributed by atoms with Crippen LogP contribution < -0.4 is 4.90 Å². The molecular formula is C18H24N4O2. The monoisotopic (exact) mass is 328 g/mol. The van der Waals surface area contributed by atoms with E-state index in [1.807, 2.05) is 18.2 Å². The van der Waals surface area contributed by atoms with Gasteiger partial charge in [-0.2, -0.15) is 0 Å². The van der Waals surface area contributed by atoms with E-state index in [1.54, 1.807) is 18.7 Å². The lowest BCUT2D eigenvalue weighted by Crippen LogP contribution is -2.48. The molecule has 0 radical (unpaired) electrons. The lowest BCUT2D eigenvalue weighted by atomic mass is 9.88. The van der Waals surface area contributed by atoms with E-state index in [-0.39, 0.29) is 5.60 Å². The highest BCUT2D eigenvalue weighted by Gasteiger charge is 2.45. The topological polar surface area (TPSA) is 54.6 Å². The molecule has 2 aromatic rings. The highest BCUT2D eigenvalue weighted by atomic mass is 16.5. The minimum absolute atomic E-state index is 0.0431. The normalized spacial score (nSPS) is 27.6. The summed E-state index contributed by atoms with van der Waals surface area (Å²) in [6.45, 7) is 3.67. The van der Waals surface area contributed by atoms with Crippen molar-refractivity contribution in [3.63, 3.8) is 0 Å². The quantitative estimate of drug-likeness (QED) is 0.859. The molecular weight excluding hydrogens is 304 g/mol. The standard InChI is InChI=1S/C18H24N4O2/c1-21(17-19-7-4-8-20-17)15-11-18(24-13-15)6-3-9-22(14-18)12-16-5-2-10-23-16/h2,4-5,7-8,10,15H,3,6,9,11-14H2,1H3/t15-,18+/m1/s1. The molecule has 1 spiro atoms. The molecule has 2 aromatic heterocycles. The van der Waals surface area contributed by atoms with Crippen LogP contribution in [0.1, 0.15) is 25.0 Å². The van der Waals surface area contributed by atoms with E-state index in [4.69, 9.17) is 9.15 Å². The summed E-state index contributed by atoms with van der Waals surface area (Å²) in [7, 11) is 2.06. The van der Waals surface area contributed by atoms with Crippen molar-refractivity contribution in [2.45, 2.75) is 37.5 Å². The number of likely N-dealkylation sites (tertiary alicyclic amines) is 1. The van der Waals surface area contributed by atoms with E-state index in [0.29, 0.717) is 6.04 Å². The summed E-state index contributed by atoms with van der Waals surface area (Å²) in [6.07, 6.45) is 8.63. The molecule has 24 heavy (non-hydrogen) atoms. The van der Waals surface area contributed by atoms with Crippen LogP contribution in [0.15, 0.2) is 41.3 Å². The van der Waals surface area contributed by atoms with E-state index in [2.05, 4.69) is 26.8 Å². The Hall–Kier alpha value is -1.92. The number of hydrogen-bond acceptors (Lipinski definition) is 6. The Morgan fingerprint density at radius 2 is 2.21 bits per heavy atom. The summed E-state index contributed by atoms with van der Waals surface area (Å²) in [6, 6.07) is 6.17. The zero-order chi connectivity index (χ0) is 16.4. The van der Waals surface area contributed by atoms with Crippen LogP contribution in [0.3, 0.4) is 0 Å². The Bertz CT molecular complexity index is 648. The number of nitrogens with zero attached hydrogens (tertiary/aromatic N) is 4. The predicted molar refractivity (Wildman–Crippen MR) is 90.7 cm³/mol. The van der Waals surface area contributed by atoms with Crippen LogP contribution in [-0.4, -0.2) is 53.3 Å². The summed E-state index contributed by atoms with van der Waals surface area (Å²) < 4.78 is 11.8. The van der Waals surface area contributed by atoms with Crippen molar-refractivity contribution in [3.8, 4) is 0 Å². The third-order valence-electron chi connectivity index (χ3n) is 5.18. The average molecular weight is 328 g/mol. The van der Waals surface area contributed by atoms with Gasteiger partial charge in [0.25, 0.3) is 0 Å². The summed E-state index contributed by atoms with van der Waals surface area (Å²) in [5.74, 6) is 1.79. The molecule has 2 atom stereocenters. The van der Waals surface area contributed by atoms with Crippen molar-refractivity contribution < 1.29 is 9.15 Å². The summed E-state index contributed by atoms with van der Waals surface area (Å²) in [4.78, 5) is 13.3. The fourth-order valence-corrected chi connectivity index (χ4v) is 3.94. The second-order valence-electron chi connectivity index (χ2n) is 6.91. The third kappa shape index (κ3) is 3.16. The number of piperidine rings is 1. The number of furan rings is 1. The highest BCUT2D eigenvalue weighted by molar-refractivity contribution is 5.30. The number of ether oxygens (including phenoxy) is 1. The van der Waals surface area contributed by atoms with Crippen LogP contribution in [0, 0.1) is 0 Å². The Kier molecular flexibility index (Phi) is 4.24. The van der Waals surface area contributed by atoms with Crippen LogP contribution in [0.25, 0.3) is 0 Å². The highest BCUT2D eigenvalue weighted by Crippen LogP contribution is 2.37. The van der Waals surface area contributed by atoms with Gasteiger partial charge in [0.15, 0.2) is 0 Å². The van der Waals surface area contributed by atoms with Gasteiger partial charge in [-0.25, -0.2) is 9.97 Å². The maximum absolute atomic E-state index is 6.32. The van der Waals surface area contributed by atoms with Crippen molar-refractivity contribution in [1.29, 1.82) is 0 Å². The molecule has 6 heteroatoms. The number of rotatable bonds is 4. The summed E-state index contributed by atoms with van der Waals surface area (Å²) in [5, 5.41) is 0. The van der Waals surface area contributed by atoms with Gasteiger partial charge in [0.1, 0.15) is 5.76 Å². The van der Waals surface area contributed by atoms with Crippen LogP contribution in [0.4, 0.5) is 5.95 Å². The smallest absolute Gasteiger partial charge is 0.225 e. The predicted octanol–water partition coefficient (Wildman–Crippen LogP) is 2.33. The number of likely N-dealkylation sites (N-methyl/N-ethyl adjacent to an activating group) is 1. The minimum atomic E-state index is -0.0431. The lowest BCUT2D eigenvalue weighted by Gasteiger charge is -2.39. The number of anilines is 1. The fraction of sp³-hybridized carbons (Fsp3) is 0.556. The zero-order valence-corrected chi connectivity index (χ0v) is 14.1. The van der Waals surface area contributed by atoms with Gasteiger partial charge in [0.2, 0.25) is 5.95 Å². The average Bonchev–Trinajstić information content (AvgIpc) is 3.26. The molecule has 0 aliphatic carbocycles. The minimum Gasteiger partial charge on any atom is -0.468 e. The van der Waals surface area contributed by atoms with E-state index < -0.39 is 0 Å². The van der Waals surface area contributed by atoms with Crippen molar-refractivity contribution in [1.82, 2.24) is 14.9 Å². The van der Waals surface area contributed by atoms with Gasteiger partial charge in [0.05, 0.1) is 31.1 Å². The fourth-order valence-electron chi connectivity index (χ4n) is 3.94. The maximum atomic E-state index is 6.32. The van der Waals surface area contributed by atoms with Gasteiger partial charge >= 0.3 is 0 Å². The second-order valence-corrected chi connectivity index (χ2v) is 6.91. The van der Waals surface area contributed by atoms with Gasteiger partial charge in [-0.3, -0.25) is 4.90 Å². The molecule has 4 rings (SSSR count). The van der Waals surface area contributed by atoms with Crippen LogP contribution in [-0.2, 0) is 11.3 Å². The molecule has 4 heterocycles. The van der Waals surface area contributed by atoms with Crippen molar-refractivity contribution in [2.24, 2.45) is 0 Å². The molecule has 0 amide bonds. The Labute approximate surface area is 142 Å². The van der Waals surface area contributed by atoms with Gasteiger partial charge in [-0.05, 0) is 37.6 Å². The van der Waals surface area contributed by atoms with E-state index in [0.717, 1.165) is 50.8 Å². The number of aromatic nitrogens is 2. The summed E-state index contributed by atoms with van der Waals surface area (Å²) in [5.41, 5.74) is -0.0431. The SMILES string of the molecule is CN(c1ncccn1)[C@H]1CO[C@@]2(CCCN(Cc3ccco3)C2)C1. The van der Waals surface area contributed by atoms with Crippen LogP contribution >= 0.6 is 0 Å². The van der Waals surface area contributed by atoms with Gasteiger partial charge in [-0.15, -0.1) is 0 Å². The van der Waals surface area contributed by atoms with Crippen LogP contribution in [0.2, 0.25) is 0 Å². The first-order valence-corrected chi connectivity index (χ1v) is 8.63. The summed E-state index contributed by atoms with van der Waals surface area (Å²) >= 11 is 0. The molecule has 6 nitrogen and oxygen atoms in total. The van der Waals surface area contributed by atoms with Gasteiger partial charge in [-0.1, -0.05) is 0 Å². The molecule has 0 bridgehead atoms. The first-order chi connectivity index (χ1) is 11.7. The second kappa shape index (κ2) is 6.53. The van der Waals surface area contributed by atoms with E-state index in [1.165, 1.54) is 6.42 Å². The van der Waals surface area contributed by atoms with E-state index >= 15 is 0 Å². The Balaban J connectivity index is 1.41. The first-order valence-electron chi connectivity index (χ1n) is 8.63. The molecule has 0 saturated carbocycles. The zero-order valence-electron chi connectivity index (χ0n) is 14.1. The molecule has 0 aromatic carbocycles. The van der Waals surface area contributed by atoms with Crippen molar-refractivity contribution >= 4 is 5.95 Å². The first kappa shape index (κ1) is 15.6. The van der Waals surface area contributed by atoms with Crippen molar-refractivity contribution in [2.75, 3.05) is 31.6 Å². The van der Waals surface area contributed by atoms with Gasteiger partial charge in [0, 0.05) is 32.4 Å². The Morgan fingerprint density at radius 1 is 1.33 bits per heavy atom. The van der Waals surface area contributed by atoms with Gasteiger partial charge < -0.3 is 14.1 Å². The molecule has 2 fully saturated rings. The lowest BCUT2D eigenvalue weighted by molar-refractivity contribution is -0.0545. The van der Waals surface area contributed by atoms with Crippen LogP contribution in [0.5, 0.6) is 0 Å². The largest absolute Gasteiger partial charge is 0.468 e. The number of hydrogen-bond donors (Lipinski definition) is 0. The molecule has 128 valence electrons. The maximum Gasteiger partial charge on any atom is 0.225 e. The van der Waals surface area contributed by atoms with E-state index in [9.17, 15) is 0 Å². The molecule has 2 aliphatic heterocycles. The molecule has 2 saturated heterocycles. The van der Waals surface area contributed by atoms with Crippen molar-refractivity contribution in [3.05, 3.63) is 42.6 Å². The third-order valence-corrected chi connectivity index (χ3v) is 5.18. The molecule has 0 N–H and O–H groups in total. The molecule has 0 unspecified atom stereocenters. The molecule has 2 aliphatic rings.